The molecule has 0 aromatic carbocycles. The summed E-state index contributed by atoms with van der Waals surface area (Å²) in [5, 5.41) is 9.15. The summed E-state index contributed by atoms with van der Waals surface area (Å²) in [4.78, 5) is 17.7. The zero-order chi connectivity index (χ0) is 13.4. The van der Waals surface area contributed by atoms with Crippen LogP contribution in [0.2, 0.25) is 0 Å². The molecule has 0 spiro atoms. The van der Waals surface area contributed by atoms with E-state index in [1.807, 2.05) is 0 Å². The minimum atomic E-state index is -0.985. The second-order valence-corrected chi connectivity index (χ2v) is 5.49. The first-order chi connectivity index (χ1) is 9.18. The Labute approximate surface area is 112 Å². The lowest BCUT2D eigenvalue weighted by Crippen LogP contribution is -2.43. The molecule has 2 heterocycles. The summed E-state index contributed by atoms with van der Waals surface area (Å²) >= 11 is 0. The molecule has 2 aliphatic rings. The number of fused-ring (bicyclic) bond motifs is 1. The molecule has 0 radical (unpaired) electrons. The van der Waals surface area contributed by atoms with Crippen molar-refractivity contribution in [3.8, 4) is 0 Å². The van der Waals surface area contributed by atoms with Gasteiger partial charge < -0.3 is 15.7 Å². The number of nitrogens with two attached hydrogens (primary N) is 1. The van der Waals surface area contributed by atoms with Gasteiger partial charge in [0.05, 0.1) is 11.3 Å². The van der Waals surface area contributed by atoms with Gasteiger partial charge in [0.15, 0.2) is 5.82 Å². The van der Waals surface area contributed by atoms with Gasteiger partial charge in [-0.2, -0.15) is 0 Å². The van der Waals surface area contributed by atoms with Crippen molar-refractivity contribution in [2.75, 3.05) is 17.2 Å². The highest BCUT2D eigenvalue weighted by molar-refractivity contribution is 5.96. The Hall–Kier alpha value is -1.78. The number of hydrogen-bond donors (Lipinski definition) is 2. The summed E-state index contributed by atoms with van der Waals surface area (Å²) in [5.74, 6) is 0.404. The number of pyridine rings is 1. The van der Waals surface area contributed by atoms with Crippen molar-refractivity contribution in [3.63, 3.8) is 0 Å². The van der Waals surface area contributed by atoms with Gasteiger partial charge in [0, 0.05) is 18.8 Å². The van der Waals surface area contributed by atoms with E-state index in [2.05, 4.69) is 9.88 Å². The number of rotatable bonds is 2. The van der Waals surface area contributed by atoms with E-state index in [1.165, 1.54) is 31.7 Å². The van der Waals surface area contributed by atoms with Gasteiger partial charge in [-0.15, -0.1) is 0 Å². The predicted molar refractivity (Wildman–Crippen MR) is 73.3 cm³/mol. The first-order valence-electron chi connectivity index (χ1n) is 6.93. The molecule has 19 heavy (non-hydrogen) atoms. The summed E-state index contributed by atoms with van der Waals surface area (Å²) in [6, 6.07) is 1.96. The number of nitrogens with zero attached hydrogens (tertiary/aromatic N) is 2. The first-order valence-corrected chi connectivity index (χ1v) is 6.93. The number of anilines is 2. The molecular weight excluding hydrogens is 242 g/mol. The minimum Gasteiger partial charge on any atom is -0.478 e. The molecule has 102 valence electrons. The number of nitrogen functional groups attached to an aromatic ring is 1. The van der Waals surface area contributed by atoms with Gasteiger partial charge in [0.1, 0.15) is 0 Å². The van der Waals surface area contributed by atoms with Crippen LogP contribution < -0.4 is 10.6 Å². The largest absolute Gasteiger partial charge is 0.478 e. The van der Waals surface area contributed by atoms with Crippen LogP contribution >= 0.6 is 0 Å². The molecule has 1 aromatic rings. The molecule has 0 amide bonds. The fraction of sp³-hybridized carbons (Fsp3) is 0.571. The van der Waals surface area contributed by atoms with Crippen LogP contribution in [0.25, 0.3) is 0 Å². The number of aromatic nitrogens is 1. The lowest BCUT2D eigenvalue weighted by molar-refractivity contribution is 0.0698. The van der Waals surface area contributed by atoms with Crippen LogP contribution in [-0.2, 0) is 0 Å². The zero-order valence-electron chi connectivity index (χ0n) is 10.9. The Morgan fingerprint density at radius 2 is 2.16 bits per heavy atom. The van der Waals surface area contributed by atoms with Crippen LogP contribution in [-0.4, -0.2) is 28.6 Å². The predicted octanol–water partition coefficient (Wildman–Crippen LogP) is 2.13. The van der Waals surface area contributed by atoms with E-state index >= 15 is 0 Å². The van der Waals surface area contributed by atoms with Crippen LogP contribution in [0.3, 0.4) is 0 Å². The van der Waals surface area contributed by atoms with E-state index < -0.39 is 5.97 Å². The highest BCUT2D eigenvalue weighted by Gasteiger charge is 2.36. The van der Waals surface area contributed by atoms with Gasteiger partial charge in [-0.3, -0.25) is 0 Å². The van der Waals surface area contributed by atoms with E-state index in [9.17, 15) is 4.79 Å². The Kier molecular flexibility index (Phi) is 3.05. The molecule has 3 rings (SSSR count). The Bertz CT molecular complexity index is 503. The number of aromatic carboxylic acids is 1. The third kappa shape index (κ3) is 2.03. The molecule has 2 fully saturated rings. The Morgan fingerprint density at radius 1 is 1.37 bits per heavy atom. The quantitative estimate of drug-likeness (QED) is 0.852. The Morgan fingerprint density at radius 3 is 2.95 bits per heavy atom. The summed E-state index contributed by atoms with van der Waals surface area (Å²) in [7, 11) is 0. The lowest BCUT2D eigenvalue weighted by atomic mass is 9.92. The van der Waals surface area contributed by atoms with Crippen molar-refractivity contribution in [2.24, 2.45) is 5.92 Å². The molecule has 1 aliphatic heterocycles. The van der Waals surface area contributed by atoms with Crippen LogP contribution in [0.1, 0.15) is 42.5 Å². The lowest BCUT2D eigenvalue weighted by Gasteiger charge is -2.39. The van der Waals surface area contributed by atoms with Crippen LogP contribution in [0.5, 0.6) is 0 Å². The number of carboxylic acid groups (broad SMARTS) is 1. The average Bonchev–Trinajstić information content (AvgIpc) is 2.87. The molecule has 5 nitrogen and oxygen atoms in total. The SMILES string of the molecule is Nc1c(C(=O)O)ccnc1N1CCCC2CCCC21. The number of carboxylic acids is 1. The molecule has 5 heteroatoms. The molecule has 1 saturated heterocycles. The molecule has 1 saturated carbocycles. The van der Waals surface area contributed by atoms with Crippen molar-refractivity contribution >= 4 is 17.5 Å². The molecule has 2 unspecified atom stereocenters. The van der Waals surface area contributed by atoms with Crippen molar-refractivity contribution in [2.45, 2.75) is 38.1 Å². The van der Waals surface area contributed by atoms with Gasteiger partial charge in [-0.25, -0.2) is 9.78 Å². The normalized spacial score (nSPS) is 26.2. The van der Waals surface area contributed by atoms with Crippen molar-refractivity contribution in [3.05, 3.63) is 17.8 Å². The van der Waals surface area contributed by atoms with Gasteiger partial charge >= 0.3 is 5.97 Å². The van der Waals surface area contributed by atoms with Gasteiger partial charge in [-0.1, -0.05) is 6.42 Å². The van der Waals surface area contributed by atoms with Crippen LogP contribution in [0.4, 0.5) is 11.5 Å². The summed E-state index contributed by atoms with van der Waals surface area (Å²) < 4.78 is 0. The minimum absolute atomic E-state index is 0.158. The number of piperidine rings is 1. The smallest absolute Gasteiger partial charge is 0.337 e. The molecule has 0 bridgehead atoms. The second kappa shape index (κ2) is 4.72. The average molecular weight is 261 g/mol. The van der Waals surface area contributed by atoms with Gasteiger partial charge in [-0.05, 0) is 37.7 Å². The van der Waals surface area contributed by atoms with Crippen molar-refractivity contribution in [1.29, 1.82) is 0 Å². The van der Waals surface area contributed by atoms with E-state index in [0.717, 1.165) is 18.9 Å². The van der Waals surface area contributed by atoms with Crippen LogP contribution in [0.15, 0.2) is 12.3 Å². The third-order valence-corrected chi connectivity index (χ3v) is 4.46. The summed E-state index contributed by atoms with van der Waals surface area (Å²) in [6.45, 7) is 0.932. The molecule has 2 atom stereocenters. The van der Waals surface area contributed by atoms with E-state index in [0.29, 0.717) is 17.5 Å². The second-order valence-electron chi connectivity index (χ2n) is 5.49. The van der Waals surface area contributed by atoms with Crippen molar-refractivity contribution < 1.29 is 9.90 Å². The topological polar surface area (TPSA) is 79.5 Å². The highest BCUT2D eigenvalue weighted by Crippen LogP contribution is 2.40. The van der Waals surface area contributed by atoms with E-state index in [4.69, 9.17) is 10.8 Å². The zero-order valence-corrected chi connectivity index (χ0v) is 10.9. The maximum atomic E-state index is 11.2. The third-order valence-electron chi connectivity index (χ3n) is 4.46. The fourth-order valence-corrected chi connectivity index (χ4v) is 3.59. The van der Waals surface area contributed by atoms with Gasteiger partial charge in [0.25, 0.3) is 0 Å². The molecule has 1 aliphatic carbocycles. The van der Waals surface area contributed by atoms with Gasteiger partial charge in [0.2, 0.25) is 0 Å². The molecular formula is C14H19N3O2. The molecule has 1 aromatic heterocycles. The van der Waals surface area contributed by atoms with E-state index in [1.54, 1.807) is 6.20 Å². The number of carbonyl (C=O) groups is 1. The van der Waals surface area contributed by atoms with E-state index in [-0.39, 0.29) is 5.56 Å². The maximum absolute atomic E-state index is 11.2. The first kappa shape index (κ1) is 12.3. The fourth-order valence-electron chi connectivity index (χ4n) is 3.59. The Balaban J connectivity index is 1.97. The monoisotopic (exact) mass is 261 g/mol. The molecule has 3 N–H and O–H groups in total. The number of hydrogen-bond acceptors (Lipinski definition) is 4. The van der Waals surface area contributed by atoms with Crippen molar-refractivity contribution in [1.82, 2.24) is 4.98 Å². The highest BCUT2D eigenvalue weighted by atomic mass is 16.4. The summed E-state index contributed by atoms with van der Waals surface area (Å²) in [5.41, 5.74) is 6.48. The maximum Gasteiger partial charge on any atom is 0.337 e. The standard InChI is InChI=1S/C14H19N3O2/c15-12-10(14(18)19)6-7-16-13(12)17-8-2-4-9-3-1-5-11(9)17/h6-7,9,11H,1-5,8,15H2,(H,18,19). The van der Waals surface area contributed by atoms with Crippen LogP contribution in [0, 0.1) is 5.92 Å². The summed E-state index contributed by atoms with van der Waals surface area (Å²) in [6.07, 6.45) is 7.67.